The summed E-state index contributed by atoms with van der Waals surface area (Å²) in [5.41, 5.74) is 0. The molecule has 0 aromatic heterocycles. The van der Waals surface area contributed by atoms with Crippen molar-refractivity contribution in [2.24, 2.45) is 11.8 Å². The summed E-state index contributed by atoms with van der Waals surface area (Å²) in [5, 5.41) is 0. The Labute approximate surface area is 66.4 Å². The second-order valence-corrected chi connectivity index (χ2v) is 4.62. The fraction of sp³-hybridized carbons (Fsp3) is 1.00. The molecule has 2 unspecified atom stereocenters. The van der Waals surface area contributed by atoms with E-state index in [0.29, 0.717) is 0 Å². The number of rotatable bonds is 0. The van der Waals surface area contributed by atoms with Crippen LogP contribution in [0.5, 0.6) is 0 Å². The van der Waals surface area contributed by atoms with Crippen molar-refractivity contribution in [1.29, 1.82) is 0 Å². The van der Waals surface area contributed by atoms with Gasteiger partial charge in [-0.05, 0) is 18.3 Å². The second kappa shape index (κ2) is 3.08. The molecular formula is C8H15Al. The zero-order valence-corrected chi connectivity index (χ0v) is 7.59. The SMILES string of the molecule is CC1CC(C)C[CH]([Al])C1. The molecule has 1 aliphatic rings. The van der Waals surface area contributed by atoms with Gasteiger partial charge in [-0.1, -0.05) is 26.7 Å². The maximum absolute atomic E-state index is 2.95. The smallest absolute Gasteiger partial charge is 0.107 e. The first-order valence-corrected chi connectivity index (χ1v) is 4.60. The van der Waals surface area contributed by atoms with E-state index in [1.165, 1.54) is 19.3 Å². The molecule has 1 saturated carbocycles. The van der Waals surface area contributed by atoms with E-state index in [4.69, 9.17) is 0 Å². The highest BCUT2D eigenvalue weighted by molar-refractivity contribution is 6.11. The number of hydrogen-bond acceptors (Lipinski definition) is 0. The third-order valence-electron chi connectivity index (χ3n) is 2.21. The molecule has 0 amide bonds. The standard InChI is InChI=1S/C8H15.Al/c1-7-4-3-5-8(2)6-7;/h3,7-8H,4-6H2,1-2H3;. The Morgan fingerprint density at radius 3 is 1.78 bits per heavy atom. The predicted molar refractivity (Wildman–Crippen MR) is 41.7 cm³/mol. The second-order valence-electron chi connectivity index (χ2n) is 3.68. The molecule has 50 valence electrons. The highest BCUT2D eigenvalue weighted by Crippen LogP contribution is 2.34. The lowest BCUT2D eigenvalue weighted by molar-refractivity contribution is 0.302. The van der Waals surface area contributed by atoms with Crippen molar-refractivity contribution < 1.29 is 0 Å². The van der Waals surface area contributed by atoms with Crippen LogP contribution in [0.4, 0.5) is 0 Å². The third-order valence-corrected chi connectivity index (χ3v) is 2.76. The van der Waals surface area contributed by atoms with Gasteiger partial charge in [-0.15, -0.1) is 4.78 Å². The Morgan fingerprint density at radius 1 is 1.00 bits per heavy atom. The van der Waals surface area contributed by atoms with Crippen molar-refractivity contribution in [2.45, 2.75) is 37.9 Å². The Hall–Kier alpha value is 0.532. The fourth-order valence-corrected chi connectivity index (χ4v) is 2.94. The first-order chi connectivity index (χ1) is 4.18. The highest BCUT2D eigenvalue weighted by Gasteiger charge is 2.19. The lowest BCUT2D eigenvalue weighted by atomic mass is 9.83. The molecule has 1 rings (SSSR count). The largest absolute Gasteiger partial charge is 0.123 e. The molecule has 2 atom stereocenters. The minimum Gasteiger partial charge on any atom is -0.107 e. The van der Waals surface area contributed by atoms with Gasteiger partial charge in [0, 0.05) is 0 Å². The van der Waals surface area contributed by atoms with Crippen molar-refractivity contribution in [3.8, 4) is 0 Å². The van der Waals surface area contributed by atoms with Crippen LogP contribution >= 0.6 is 0 Å². The molecule has 1 fully saturated rings. The van der Waals surface area contributed by atoms with E-state index in [9.17, 15) is 0 Å². The predicted octanol–water partition coefficient (Wildman–Crippen LogP) is 2.40. The molecule has 0 aromatic rings. The minimum atomic E-state index is 0.906. The van der Waals surface area contributed by atoms with Gasteiger partial charge in [0.25, 0.3) is 0 Å². The summed E-state index contributed by atoms with van der Waals surface area (Å²) in [5.74, 6) is 1.94. The summed E-state index contributed by atoms with van der Waals surface area (Å²) < 4.78 is 0.906. The summed E-state index contributed by atoms with van der Waals surface area (Å²) in [6.45, 7) is 4.74. The molecule has 0 nitrogen and oxygen atoms in total. The molecule has 0 N–H and O–H groups in total. The van der Waals surface area contributed by atoms with Crippen LogP contribution in [-0.2, 0) is 0 Å². The maximum Gasteiger partial charge on any atom is 0.123 e. The van der Waals surface area contributed by atoms with Gasteiger partial charge in [-0.2, -0.15) is 0 Å². The topological polar surface area (TPSA) is 0 Å². The van der Waals surface area contributed by atoms with Crippen LogP contribution in [0.15, 0.2) is 0 Å². The quantitative estimate of drug-likeness (QED) is 0.451. The van der Waals surface area contributed by atoms with Gasteiger partial charge >= 0.3 is 0 Å². The molecule has 0 heterocycles. The van der Waals surface area contributed by atoms with Crippen LogP contribution in [-0.4, -0.2) is 16.3 Å². The molecule has 1 aliphatic carbocycles. The van der Waals surface area contributed by atoms with Crippen LogP contribution in [0, 0.1) is 11.8 Å². The van der Waals surface area contributed by atoms with Crippen molar-refractivity contribution in [2.75, 3.05) is 0 Å². The lowest BCUT2D eigenvalue weighted by Gasteiger charge is -2.29. The van der Waals surface area contributed by atoms with Gasteiger partial charge in [0.2, 0.25) is 0 Å². The van der Waals surface area contributed by atoms with Crippen molar-refractivity contribution in [3.05, 3.63) is 0 Å². The van der Waals surface area contributed by atoms with Gasteiger partial charge in [0.05, 0.1) is 0 Å². The van der Waals surface area contributed by atoms with E-state index in [0.717, 1.165) is 16.6 Å². The molecule has 1 heteroatoms. The van der Waals surface area contributed by atoms with E-state index in [2.05, 4.69) is 30.1 Å². The maximum atomic E-state index is 2.95. The summed E-state index contributed by atoms with van der Waals surface area (Å²) in [4.78, 5) is 0. The van der Waals surface area contributed by atoms with Crippen LogP contribution in [0.25, 0.3) is 0 Å². The van der Waals surface area contributed by atoms with Gasteiger partial charge < -0.3 is 0 Å². The van der Waals surface area contributed by atoms with Crippen LogP contribution in [0.2, 0.25) is 4.78 Å². The van der Waals surface area contributed by atoms with Gasteiger partial charge in [-0.3, -0.25) is 0 Å². The Morgan fingerprint density at radius 2 is 1.44 bits per heavy atom. The molecule has 0 aromatic carbocycles. The molecule has 0 aliphatic heterocycles. The summed E-state index contributed by atoms with van der Waals surface area (Å²) >= 11 is 2.95. The first kappa shape index (κ1) is 7.64. The van der Waals surface area contributed by atoms with Crippen LogP contribution in [0.1, 0.15) is 33.1 Å². The van der Waals surface area contributed by atoms with E-state index in [1.54, 1.807) is 0 Å². The van der Waals surface area contributed by atoms with E-state index in [-0.39, 0.29) is 0 Å². The molecule has 0 saturated heterocycles. The van der Waals surface area contributed by atoms with E-state index in [1.807, 2.05) is 0 Å². The monoisotopic (exact) mass is 138 g/mol. The van der Waals surface area contributed by atoms with Gasteiger partial charge in [0.1, 0.15) is 16.3 Å². The molecule has 0 spiro atoms. The van der Waals surface area contributed by atoms with Crippen molar-refractivity contribution in [3.63, 3.8) is 0 Å². The normalized spacial score (nSPS) is 44.9. The molecule has 2 radical (unpaired) electrons. The Bertz CT molecular complexity index is 65.5. The molecular weight excluding hydrogens is 123 g/mol. The van der Waals surface area contributed by atoms with Crippen LogP contribution in [0.3, 0.4) is 0 Å². The van der Waals surface area contributed by atoms with Gasteiger partial charge in [0.15, 0.2) is 0 Å². The third kappa shape index (κ3) is 2.32. The Balaban J connectivity index is 2.34. The first-order valence-electron chi connectivity index (χ1n) is 3.94. The summed E-state index contributed by atoms with van der Waals surface area (Å²) in [7, 11) is 0. The van der Waals surface area contributed by atoms with E-state index >= 15 is 0 Å². The number of hydrogen-bond donors (Lipinski definition) is 0. The van der Waals surface area contributed by atoms with Gasteiger partial charge in [-0.25, -0.2) is 0 Å². The van der Waals surface area contributed by atoms with E-state index < -0.39 is 0 Å². The zero-order valence-electron chi connectivity index (χ0n) is 6.43. The molecule has 9 heavy (non-hydrogen) atoms. The zero-order chi connectivity index (χ0) is 6.85. The average molecular weight is 138 g/mol. The van der Waals surface area contributed by atoms with Crippen LogP contribution < -0.4 is 0 Å². The minimum absolute atomic E-state index is 0.906. The summed E-state index contributed by atoms with van der Waals surface area (Å²) in [6.07, 6.45) is 4.30. The average Bonchev–Trinajstić information content (AvgIpc) is 1.59. The summed E-state index contributed by atoms with van der Waals surface area (Å²) in [6, 6.07) is 0. The fourth-order valence-electron chi connectivity index (χ4n) is 2.01. The molecule has 0 bridgehead atoms. The lowest BCUT2D eigenvalue weighted by Crippen LogP contribution is -2.15. The highest BCUT2D eigenvalue weighted by atomic mass is 27.0. The van der Waals surface area contributed by atoms with Crippen molar-refractivity contribution >= 4 is 16.3 Å². The Kier molecular flexibility index (Phi) is 2.62. The van der Waals surface area contributed by atoms with Crippen molar-refractivity contribution in [1.82, 2.24) is 0 Å².